The summed E-state index contributed by atoms with van der Waals surface area (Å²) in [4.78, 5) is 23.9. The first kappa shape index (κ1) is 20.5. The molecule has 31 heavy (non-hydrogen) atoms. The van der Waals surface area contributed by atoms with Gasteiger partial charge in [0.1, 0.15) is 5.82 Å². The number of carbonyl (C=O) groups is 2. The topological polar surface area (TPSA) is 104 Å². The Morgan fingerprint density at radius 1 is 0.903 bits per heavy atom. The van der Waals surface area contributed by atoms with Gasteiger partial charge in [-0.15, -0.1) is 0 Å². The lowest BCUT2D eigenvalue weighted by Gasteiger charge is -2.17. The minimum atomic E-state index is -3.86. The molecular formula is C22H18FN3O4S. The van der Waals surface area contributed by atoms with Crippen molar-refractivity contribution in [1.82, 2.24) is 0 Å². The zero-order valence-electron chi connectivity index (χ0n) is 16.2. The predicted molar refractivity (Wildman–Crippen MR) is 115 cm³/mol. The maximum Gasteiger partial charge on any atom is 0.261 e. The van der Waals surface area contributed by atoms with E-state index in [4.69, 9.17) is 0 Å². The van der Waals surface area contributed by atoms with Gasteiger partial charge in [-0.05, 0) is 78.7 Å². The van der Waals surface area contributed by atoms with Crippen molar-refractivity contribution in [1.29, 1.82) is 0 Å². The molecule has 0 spiro atoms. The number of halogens is 1. The molecule has 3 aromatic rings. The number of anilines is 3. The highest BCUT2D eigenvalue weighted by Gasteiger charge is 2.17. The number of sulfonamides is 1. The first-order valence-electron chi connectivity index (χ1n) is 9.43. The van der Waals surface area contributed by atoms with Gasteiger partial charge in [0.05, 0.1) is 4.90 Å². The van der Waals surface area contributed by atoms with E-state index in [1.165, 1.54) is 24.3 Å². The van der Waals surface area contributed by atoms with E-state index in [0.29, 0.717) is 35.5 Å². The molecule has 158 valence electrons. The fraction of sp³-hybridized carbons (Fsp3) is 0.0909. The van der Waals surface area contributed by atoms with Crippen LogP contribution in [-0.2, 0) is 21.2 Å². The smallest absolute Gasteiger partial charge is 0.261 e. The van der Waals surface area contributed by atoms with Crippen molar-refractivity contribution >= 4 is 38.9 Å². The number of rotatable bonds is 5. The van der Waals surface area contributed by atoms with E-state index < -0.39 is 15.8 Å². The third-order valence-electron chi connectivity index (χ3n) is 4.78. The molecular weight excluding hydrogens is 421 g/mol. The summed E-state index contributed by atoms with van der Waals surface area (Å²) < 4.78 is 40.1. The van der Waals surface area contributed by atoms with Crippen LogP contribution in [0, 0.1) is 5.82 Å². The molecule has 0 unspecified atom stereocenters. The molecule has 1 aliphatic rings. The molecule has 0 saturated carbocycles. The summed E-state index contributed by atoms with van der Waals surface area (Å²) in [5.41, 5.74) is 2.85. The van der Waals surface area contributed by atoms with Gasteiger partial charge in [0.25, 0.3) is 15.9 Å². The van der Waals surface area contributed by atoms with Crippen LogP contribution in [0.2, 0.25) is 0 Å². The van der Waals surface area contributed by atoms with Crippen LogP contribution in [0.5, 0.6) is 0 Å². The Bertz CT molecular complexity index is 1260. The molecule has 1 heterocycles. The van der Waals surface area contributed by atoms with Gasteiger partial charge in [-0.1, -0.05) is 0 Å². The van der Waals surface area contributed by atoms with Crippen LogP contribution in [0.1, 0.15) is 22.3 Å². The van der Waals surface area contributed by atoms with Crippen molar-refractivity contribution in [2.75, 3.05) is 15.4 Å². The second kappa shape index (κ2) is 8.19. The van der Waals surface area contributed by atoms with Crippen molar-refractivity contribution in [3.05, 3.63) is 83.7 Å². The van der Waals surface area contributed by atoms with Crippen LogP contribution in [0.3, 0.4) is 0 Å². The van der Waals surface area contributed by atoms with Crippen LogP contribution in [0.4, 0.5) is 21.5 Å². The summed E-state index contributed by atoms with van der Waals surface area (Å²) >= 11 is 0. The van der Waals surface area contributed by atoms with Gasteiger partial charge in [-0.2, -0.15) is 0 Å². The van der Waals surface area contributed by atoms with E-state index in [1.54, 1.807) is 30.3 Å². The lowest BCUT2D eigenvalue weighted by atomic mass is 10.00. The van der Waals surface area contributed by atoms with Gasteiger partial charge < -0.3 is 10.6 Å². The monoisotopic (exact) mass is 439 g/mol. The lowest BCUT2D eigenvalue weighted by Crippen LogP contribution is -2.20. The number of fused-ring (bicyclic) bond motifs is 1. The number of carbonyl (C=O) groups excluding carboxylic acids is 2. The maximum absolute atomic E-state index is 13.0. The molecule has 3 aromatic carbocycles. The summed E-state index contributed by atoms with van der Waals surface area (Å²) in [6.07, 6.45) is 0.957. The number of nitrogens with one attached hydrogen (secondary N) is 3. The minimum absolute atomic E-state index is 0.0418. The first-order valence-corrected chi connectivity index (χ1v) is 10.9. The molecule has 4 rings (SSSR count). The molecule has 3 N–H and O–H groups in total. The van der Waals surface area contributed by atoms with Gasteiger partial charge in [0.15, 0.2) is 0 Å². The zero-order chi connectivity index (χ0) is 22.0. The summed E-state index contributed by atoms with van der Waals surface area (Å²) in [5.74, 6) is -0.887. The fourth-order valence-electron chi connectivity index (χ4n) is 3.18. The highest BCUT2D eigenvalue weighted by atomic mass is 32.2. The number of amides is 2. The molecule has 0 bridgehead atoms. The minimum Gasteiger partial charge on any atom is -0.326 e. The highest BCUT2D eigenvalue weighted by Crippen LogP contribution is 2.24. The molecule has 1 aliphatic heterocycles. The third-order valence-corrected chi connectivity index (χ3v) is 6.18. The second-order valence-electron chi connectivity index (χ2n) is 7.01. The predicted octanol–water partition coefficient (Wildman–Crippen LogP) is 3.76. The number of benzene rings is 3. The summed E-state index contributed by atoms with van der Waals surface area (Å²) in [5, 5.41) is 5.53. The Morgan fingerprint density at radius 2 is 1.58 bits per heavy atom. The average molecular weight is 439 g/mol. The van der Waals surface area contributed by atoms with Crippen molar-refractivity contribution in [2.24, 2.45) is 0 Å². The zero-order valence-corrected chi connectivity index (χ0v) is 17.0. The molecule has 0 saturated heterocycles. The van der Waals surface area contributed by atoms with E-state index in [9.17, 15) is 22.4 Å². The molecule has 7 nitrogen and oxygen atoms in total. The first-order chi connectivity index (χ1) is 14.8. The number of aryl methyl sites for hydroxylation is 1. The van der Waals surface area contributed by atoms with E-state index in [0.717, 1.165) is 17.7 Å². The van der Waals surface area contributed by atoms with Gasteiger partial charge in [0.2, 0.25) is 5.91 Å². The third kappa shape index (κ3) is 4.72. The standard InChI is InChI=1S/C22H18FN3O4S/c23-16-3-9-19(10-4-16)31(29,30)26-18-7-5-17(6-8-18)24-22(28)15-1-11-20-14(13-15)2-12-21(27)25-20/h1,3-11,13,26H,2,12H2,(H,24,28)(H,25,27). The number of hydrogen-bond acceptors (Lipinski definition) is 4. The quantitative estimate of drug-likeness (QED) is 0.563. The average Bonchev–Trinajstić information content (AvgIpc) is 2.75. The Kier molecular flexibility index (Phi) is 5.43. The summed E-state index contributed by atoms with van der Waals surface area (Å²) in [6, 6.07) is 15.7. The van der Waals surface area contributed by atoms with Gasteiger partial charge in [-0.3, -0.25) is 14.3 Å². The van der Waals surface area contributed by atoms with Crippen molar-refractivity contribution in [2.45, 2.75) is 17.7 Å². The van der Waals surface area contributed by atoms with Crippen LogP contribution in [-0.4, -0.2) is 20.2 Å². The molecule has 0 atom stereocenters. The summed E-state index contributed by atoms with van der Waals surface area (Å²) in [6.45, 7) is 0. The second-order valence-corrected chi connectivity index (χ2v) is 8.69. The molecule has 0 radical (unpaired) electrons. The highest BCUT2D eigenvalue weighted by molar-refractivity contribution is 7.92. The Balaban J connectivity index is 1.43. The van der Waals surface area contributed by atoms with E-state index in [2.05, 4.69) is 15.4 Å². The Labute approximate surface area is 178 Å². The van der Waals surface area contributed by atoms with Crippen LogP contribution in [0.15, 0.2) is 71.6 Å². The van der Waals surface area contributed by atoms with Gasteiger partial charge in [0, 0.05) is 29.0 Å². The van der Waals surface area contributed by atoms with Gasteiger partial charge in [-0.25, -0.2) is 12.8 Å². The Hall–Kier alpha value is -3.72. The molecule has 0 fully saturated rings. The molecule has 2 amide bonds. The van der Waals surface area contributed by atoms with Gasteiger partial charge >= 0.3 is 0 Å². The molecule has 0 aliphatic carbocycles. The lowest BCUT2D eigenvalue weighted by molar-refractivity contribution is -0.116. The molecule has 0 aromatic heterocycles. The van der Waals surface area contributed by atoms with Crippen LogP contribution < -0.4 is 15.4 Å². The summed E-state index contributed by atoms with van der Waals surface area (Å²) in [7, 11) is -3.86. The SMILES string of the molecule is O=C1CCc2cc(C(=O)Nc3ccc(NS(=O)(=O)c4ccc(F)cc4)cc3)ccc2N1. The van der Waals surface area contributed by atoms with Crippen LogP contribution >= 0.6 is 0 Å². The van der Waals surface area contributed by atoms with Crippen molar-refractivity contribution < 1.29 is 22.4 Å². The van der Waals surface area contributed by atoms with E-state index in [1.807, 2.05) is 0 Å². The normalized spacial score (nSPS) is 13.1. The maximum atomic E-state index is 13.0. The largest absolute Gasteiger partial charge is 0.326 e. The van der Waals surface area contributed by atoms with E-state index in [-0.39, 0.29) is 16.7 Å². The fourth-order valence-corrected chi connectivity index (χ4v) is 4.24. The van der Waals surface area contributed by atoms with E-state index >= 15 is 0 Å². The van der Waals surface area contributed by atoms with Crippen molar-refractivity contribution in [3.8, 4) is 0 Å². The van der Waals surface area contributed by atoms with Crippen molar-refractivity contribution in [3.63, 3.8) is 0 Å². The van der Waals surface area contributed by atoms with Crippen LogP contribution in [0.25, 0.3) is 0 Å². The molecule has 9 heteroatoms. The number of hydrogen-bond donors (Lipinski definition) is 3. The Morgan fingerprint density at radius 3 is 2.29 bits per heavy atom.